The molecule has 0 aliphatic carbocycles. The van der Waals surface area contributed by atoms with Crippen LogP contribution < -0.4 is 0 Å². The van der Waals surface area contributed by atoms with Crippen molar-refractivity contribution in [2.24, 2.45) is 0 Å². The molecule has 2 amide bonds. The standard InChI is InChI=1S/C20H25F3N2O3/c1-19(2)13-28-15(11-14-7-4-3-5-8-14)12-25(19)17(26)16-9-6-10-24(16)18(27)20(21,22)23/h3-5,7-8,15-16H,6,9-13H2,1-2H3. The minimum atomic E-state index is -4.97. The van der Waals surface area contributed by atoms with Crippen LogP contribution in [-0.2, 0) is 20.7 Å². The van der Waals surface area contributed by atoms with Crippen LogP contribution >= 0.6 is 0 Å². The highest BCUT2D eigenvalue weighted by Crippen LogP contribution is 2.30. The van der Waals surface area contributed by atoms with Crippen molar-refractivity contribution in [3.05, 3.63) is 35.9 Å². The van der Waals surface area contributed by atoms with Crippen LogP contribution in [0.5, 0.6) is 0 Å². The Bertz CT molecular complexity index is 721. The molecule has 2 heterocycles. The van der Waals surface area contributed by atoms with Gasteiger partial charge >= 0.3 is 12.1 Å². The van der Waals surface area contributed by atoms with Crippen LogP contribution in [0, 0.1) is 0 Å². The number of rotatable bonds is 3. The number of alkyl halides is 3. The number of hydrogen-bond donors (Lipinski definition) is 0. The zero-order chi connectivity index (χ0) is 20.5. The van der Waals surface area contributed by atoms with Gasteiger partial charge in [-0.25, -0.2) is 0 Å². The van der Waals surface area contributed by atoms with Gasteiger partial charge in [-0.15, -0.1) is 0 Å². The lowest BCUT2D eigenvalue weighted by molar-refractivity contribution is -0.189. The van der Waals surface area contributed by atoms with Crippen molar-refractivity contribution in [2.75, 3.05) is 19.7 Å². The van der Waals surface area contributed by atoms with Crippen LogP contribution in [0.3, 0.4) is 0 Å². The molecule has 154 valence electrons. The van der Waals surface area contributed by atoms with E-state index in [0.717, 1.165) is 5.56 Å². The first-order valence-electron chi connectivity index (χ1n) is 9.44. The molecule has 0 N–H and O–H groups in total. The van der Waals surface area contributed by atoms with E-state index in [4.69, 9.17) is 4.74 Å². The fourth-order valence-electron chi connectivity index (χ4n) is 3.90. The van der Waals surface area contributed by atoms with Crippen LogP contribution in [0.1, 0.15) is 32.3 Å². The largest absolute Gasteiger partial charge is 0.471 e. The maximum absolute atomic E-state index is 13.2. The first-order chi connectivity index (χ1) is 13.1. The predicted molar refractivity (Wildman–Crippen MR) is 96.5 cm³/mol. The van der Waals surface area contributed by atoms with Crippen LogP contribution in [0.25, 0.3) is 0 Å². The Hall–Kier alpha value is -2.09. The highest BCUT2D eigenvalue weighted by Gasteiger charge is 2.50. The van der Waals surface area contributed by atoms with Crippen LogP contribution in [0.4, 0.5) is 13.2 Å². The van der Waals surface area contributed by atoms with Crippen molar-refractivity contribution in [1.29, 1.82) is 0 Å². The molecule has 2 aliphatic heterocycles. The first-order valence-corrected chi connectivity index (χ1v) is 9.44. The van der Waals surface area contributed by atoms with Crippen molar-refractivity contribution in [3.8, 4) is 0 Å². The number of carbonyl (C=O) groups excluding carboxylic acids is 2. The third kappa shape index (κ3) is 4.32. The van der Waals surface area contributed by atoms with Crippen molar-refractivity contribution in [1.82, 2.24) is 9.80 Å². The van der Waals surface area contributed by atoms with Gasteiger partial charge in [-0.3, -0.25) is 9.59 Å². The quantitative estimate of drug-likeness (QED) is 0.787. The molecular weight excluding hydrogens is 373 g/mol. The zero-order valence-corrected chi connectivity index (χ0v) is 16.0. The number of ether oxygens (including phenoxy) is 1. The molecule has 0 bridgehead atoms. The number of halogens is 3. The lowest BCUT2D eigenvalue weighted by atomic mass is 9.96. The SMILES string of the molecule is CC1(C)COC(Cc2ccccc2)CN1C(=O)C1CCCN1C(=O)C(F)(F)F. The van der Waals surface area contributed by atoms with E-state index < -0.39 is 29.6 Å². The van der Waals surface area contributed by atoms with Gasteiger partial charge in [0.1, 0.15) is 6.04 Å². The normalized spacial score (nSPS) is 25.0. The average Bonchev–Trinajstić information content (AvgIpc) is 3.11. The van der Waals surface area contributed by atoms with Crippen molar-refractivity contribution < 1.29 is 27.5 Å². The summed E-state index contributed by atoms with van der Waals surface area (Å²) in [4.78, 5) is 27.2. The number of nitrogens with zero attached hydrogens (tertiary/aromatic N) is 2. The molecule has 1 aromatic carbocycles. The number of hydrogen-bond acceptors (Lipinski definition) is 3. The summed E-state index contributed by atoms with van der Waals surface area (Å²) in [6, 6.07) is 8.63. The molecule has 8 heteroatoms. The zero-order valence-electron chi connectivity index (χ0n) is 16.0. The van der Waals surface area contributed by atoms with Crippen molar-refractivity contribution >= 4 is 11.8 Å². The molecular formula is C20H25F3N2O3. The fourth-order valence-corrected chi connectivity index (χ4v) is 3.90. The topological polar surface area (TPSA) is 49.9 Å². The molecule has 2 aliphatic rings. The fraction of sp³-hybridized carbons (Fsp3) is 0.600. The Balaban J connectivity index is 1.75. The average molecular weight is 398 g/mol. The molecule has 2 fully saturated rings. The minimum absolute atomic E-state index is 0.0486. The number of likely N-dealkylation sites (tertiary alicyclic amines) is 1. The molecule has 28 heavy (non-hydrogen) atoms. The maximum Gasteiger partial charge on any atom is 0.471 e. The second-order valence-corrected chi connectivity index (χ2v) is 8.04. The summed E-state index contributed by atoms with van der Waals surface area (Å²) in [6.07, 6.45) is -3.98. The lowest BCUT2D eigenvalue weighted by Gasteiger charge is -2.47. The number of amides is 2. The third-order valence-electron chi connectivity index (χ3n) is 5.40. The van der Waals surface area contributed by atoms with E-state index in [2.05, 4.69) is 0 Å². The van der Waals surface area contributed by atoms with Gasteiger partial charge < -0.3 is 14.5 Å². The Labute approximate surface area is 162 Å². The summed E-state index contributed by atoms with van der Waals surface area (Å²) in [5.74, 6) is -2.36. The Morgan fingerprint density at radius 2 is 1.89 bits per heavy atom. The molecule has 3 rings (SSSR count). The molecule has 0 radical (unpaired) electrons. The van der Waals surface area contributed by atoms with Gasteiger partial charge in [0.05, 0.1) is 18.2 Å². The van der Waals surface area contributed by atoms with Gasteiger partial charge in [0.2, 0.25) is 5.91 Å². The monoisotopic (exact) mass is 398 g/mol. The number of carbonyl (C=O) groups is 2. The van der Waals surface area contributed by atoms with Gasteiger partial charge in [0.25, 0.3) is 0 Å². The predicted octanol–water partition coefficient (Wildman–Crippen LogP) is 2.79. The van der Waals surface area contributed by atoms with E-state index in [1.54, 1.807) is 4.90 Å². The van der Waals surface area contributed by atoms with E-state index in [1.807, 2.05) is 44.2 Å². The van der Waals surface area contributed by atoms with E-state index >= 15 is 0 Å². The summed E-state index contributed by atoms with van der Waals surface area (Å²) < 4.78 is 44.6. The number of benzene rings is 1. The summed E-state index contributed by atoms with van der Waals surface area (Å²) in [5, 5.41) is 0. The van der Waals surface area contributed by atoms with E-state index in [0.29, 0.717) is 17.7 Å². The molecule has 5 nitrogen and oxygen atoms in total. The second-order valence-electron chi connectivity index (χ2n) is 8.04. The summed E-state index contributed by atoms with van der Waals surface area (Å²) in [7, 11) is 0. The van der Waals surface area contributed by atoms with Crippen LogP contribution in [0.2, 0.25) is 0 Å². The van der Waals surface area contributed by atoms with Crippen LogP contribution in [0.15, 0.2) is 30.3 Å². The van der Waals surface area contributed by atoms with E-state index in [9.17, 15) is 22.8 Å². The number of morpholine rings is 1. The van der Waals surface area contributed by atoms with Gasteiger partial charge in [-0.2, -0.15) is 13.2 Å². The van der Waals surface area contributed by atoms with E-state index in [-0.39, 0.29) is 32.2 Å². The molecule has 2 unspecified atom stereocenters. The minimum Gasteiger partial charge on any atom is -0.374 e. The third-order valence-corrected chi connectivity index (χ3v) is 5.40. The van der Waals surface area contributed by atoms with Gasteiger partial charge in [-0.05, 0) is 32.3 Å². The summed E-state index contributed by atoms with van der Waals surface area (Å²) in [6.45, 7) is 4.18. The van der Waals surface area contributed by atoms with E-state index in [1.165, 1.54) is 0 Å². The molecule has 0 spiro atoms. The first kappa shape index (κ1) is 20.6. The Morgan fingerprint density at radius 1 is 1.21 bits per heavy atom. The van der Waals surface area contributed by atoms with Gasteiger partial charge in [0.15, 0.2) is 0 Å². The molecule has 2 atom stereocenters. The smallest absolute Gasteiger partial charge is 0.374 e. The van der Waals surface area contributed by atoms with Crippen molar-refractivity contribution in [3.63, 3.8) is 0 Å². The lowest BCUT2D eigenvalue weighted by Crippen LogP contribution is -2.62. The highest BCUT2D eigenvalue weighted by atomic mass is 19.4. The summed E-state index contributed by atoms with van der Waals surface area (Å²) >= 11 is 0. The highest BCUT2D eigenvalue weighted by molar-refractivity contribution is 5.90. The molecule has 1 aromatic rings. The Kier molecular flexibility index (Phi) is 5.70. The Morgan fingerprint density at radius 3 is 2.54 bits per heavy atom. The molecule has 0 saturated carbocycles. The molecule has 0 aromatic heterocycles. The maximum atomic E-state index is 13.2. The summed E-state index contributed by atoms with van der Waals surface area (Å²) in [5.41, 5.74) is 0.411. The van der Waals surface area contributed by atoms with Crippen LogP contribution in [-0.4, -0.2) is 65.2 Å². The van der Waals surface area contributed by atoms with Gasteiger partial charge in [-0.1, -0.05) is 30.3 Å². The van der Waals surface area contributed by atoms with Crippen molar-refractivity contribution in [2.45, 2.75) is 57.0 Å². The van der Waals surface area contributed by atoms with Gasteiger partial charge in [0, 0.05) is 19.5 Å². The molecule has 2 saturated heterocycles. The second kappa shape index (κ2) is 7.73.